The van der Waals surface area contributed by atoms with Crippen molar-refractivity contribution in [3.05, 3.63) is 35.4 Å². The van der Waals surface area contributed by atoms with Crippen molar-refractivity contribution < 1.29 is 5.11 Å². The molecule has 3 nitrogen and oxygen atoms in total. The molecule has 2 fully saturated rings. The molecule has 1 aromatic carbocycles. The number of aliphatic hydroxyl groups is 1. The summed E-state index contributed by atoms with van der Waals surface area (Å²) in [5.41, 5.74) is 8.69. The highest BCUT2D eigenvalue weighted by atomic mass is 16.3. The Morgan fingerprint density at radius 1 is 1.14 bits per heavy atom. The molecular weight excluding hydrogens is 260 g/mol. The molecule has 4 atom stereocenters. The van der Waals surface area contributed by atoms with Crippen LogP contribution in [0.25, 0.3) is 0 Å². The molecule has 4 unspecified atom stereocenters. The fraction of sp³-hybridized carbons (Fsp3) is 0.667. The molecule has 3 aliphatic rings. The average Bonchev–Trinajstić information content (AvgIpc) is 2.84. The van der Waals surface area contributed by atoms with E-state index in [1.54, 1.807) is 0 Å². The Morgan fingerprint density at radius 3 is 2.81 bits per heavy atom. The first-order valence-corrected chi connectivity index (χ1v) is 8.48. The van der Waals surface area contributed by atoms with Gasteiger partial charge in [-0.05, 0) is 36.8 Å². The molecule has 0 radical (unpaired) electrons. The van der Waals surface area contributed by atoms with Gasteiger partial charge in [-0.1, -0.05) is 37.1 Å². The molecule has 4 rings (SSSR count). The second kappa shape index (κ2) is 5.08. The van der Waals surface area contributed by atoms with Crippen molar-refractivity contribution in [3.8, 4) is 0 Å². The highest BCUT2D eigenvalue weighted by molar-refractivity contribution is 5.37. The summed E-state index contributed by atoms with van der Waals surface area (Å²) in [6.45, 7) is 2.06. The highest BCUT2D eigenvalue weighted by Crippen LogP contribution is 2.46. The second-order valence-corrected chi connectivity index (χ2v) is 7.28. The van der Waals surface area contributed by atoms with E-state index < -0.39 is 0 Å². The lowest BCUT2D eigenvalue weighted by Gasteiger charge is -2.49. The molecule has 0 spiro atoms. The van der Waals surface area contributed by atoms with Gasteiger partial charge < -0.3 is 10.8 Å². The number of hydrogen-bond acceptors (Lipinski definition) is 3. The second-order valence-electron chi connectivity index (χ2n) is 7.28. The van der Waals surface area contributed by atoms with E-state index in [2.05, 4.69) is 29.2 Å². The topological polar surface area (TPSA) is 49.5 Å². The van der Waals surface area contributed by atoms with Crippen LogP contribution >= 0.6 is 0 Å². The number of benzene rings is 1. The summed E-state index contributed by atoms with van der Waals surface area (Å²) >= 11 is 0. The predicted octanol–water partition coefficient (Wildman–Crippen LogP) is 2.76. The molecule has 0 aromatic heterocycles. The number of fused-ring (bicyclic) bond motifs is 2. The lowest BCUT2D eigenvalue weighted by atomic mass is 9.71. The Morgan fingerprint density at radius 2 is 1.95 bits per heavy atom. The lowest BCUT2D eigenvalue weighted by molar-refractivity contribution is -0.103. The normalized spacial score (nSPS) is 39.8. The Bertz CT molecular complexity index is 532. The summed E-state index contributed by atoms with van der Waals surface area (Å²) in [6.07, 6.45) is 6.64. The maximum Gasteiger partial charge on any atom is 0.0700 e. The molecule has 21 heavy (non-hydrogen) atoms. The van der Waals surface area contributed by atoms with Crippen LogP contribution in [0.5, 0.6) is 0 Å². The third kappa shape index (κ3) is 2.23. The van der Waals surface area contributed by atoms with E-state index in [-0.39, 0.29) is 11.6 Å². The number of piperidine rings is 1. The minimum Gasteiger partial charge on any atom is -0.390 e. The molecule has 0 bridgehead atoms. The minimum atomic E-state index is -0.380. The molecule has 3 heteroatoms. The smallest absolute Gasteiger partial charge is 0.0700 e. The van der Waals surface area contributed by atoms with E-state index in [0.29, 0.717) is 12.0 Å². The van der Waals surface area contributed by atoms with Crippen molar-refractivity contribution in [2.75, 3.05) is 13.1 Å². The van der Waals surface area contributed by atoms with E-state index in [1.807, 2.05) is 0 Å². The molecular formula is C18H26N2O. The minimum absolute atomic E-state index is 0.179. The summed E-state index contributed by atoms with van der Waals surface area (Å²) in [5, 5.41) is 10.8. The van der Waals surface area contributed by atoms with E-state index >= 15 is 0 Å². The first-order valence-electron chi connectivity index (χ1n) is 8.48. The summed E-state index contributed by atoms with van der Waals surface area (Å²) in [4.78, 5) is 2.59. The number of nitrogens with zero attached hydrogens (tertiary/aromatic N) is 1. The number of nitrogens with two attached hydrogens (primary N) is 1. The fourth-order valence-electron chi connectivity index (χ4n) is 4.87. The molecule has 1 aromatic rings. The van der Waals surface area contributed by atoms with Gasteiger partial charge in [-0.2, -0.15) is 0 Å². The van der Waals surface area contributed by atoms with Crippen LogP contribution in [0.4, 0.5) is 0 Å². The zero-order valence-electron chi connectivity index (χ0n) is 12.7. The van der Waals surface area contributed by atoms with Crippen LogP contribution in [-0.2, 0) is 0 Å². The highest BCUT2D eigenvalue weighted by Gasteiger charge is 2.45. The van der Waals surface area contributed by atoms with Gasteiger partial charge in [0.2, 0.25) is 0 Å². The van der Waals surface area contributed by atoms with Crippen LogP contribution in [0.3, 0.4) is 0 Å². The van der Waals surface area contributed by atoms with E-state index in [4.69, 9.17) is 5.73 Å². The van der Waals surface area contributed by atoms with Gasteiger partial charge in [-0.25, -0.2) is 0 Å². The van der Waals surface area contributed by atoms with Crippen molar-refractivity contribution in [1.29, 1.82) is 0 Å². The average molecular weight is 286 g/mol. The first kappa shape index (κ1) is 13.7. The Kier molecular flexibility index (Phi) is 3.32. The quantitative estimate of drug-likeness (QED) is 0.834. The van der Waals surface area contributed by atoms with Gasteiger partial charge in [0.05, 0.1) is 5.60 Å². The molecule has 2 aliphatic carbocycles. The standard InChI is InChI=1S/C18H26N2O/c19-16-11-17(15-7-2-1-6-14(15)16)20-10-9-18(21)8-4-3-5-13(18)12-20/h1-2,6-7,13,16-17,21H,3-5,8-12,19H2. The molecule has 0 amide bonds. The van der Waals surface area contributed by atoms with Gasteiger partial charge in [0.25, 0.3) is 0 Å². The Labute approximate surface area is 127 Å². The number of rotatable bonds is 1. The zero-order chi connectivity index (χ0) is 14.4. The molecule has 1 aliphatic heterocycles. The van der Waals surface area contributed by atoms with Crippen molar-refractivity contribution >= 4 is 0 Å². The summed E-state index contributed by atoms with van der Waals surface area (Å²) in [6, 6.07) is 9.29. The summed E-state index contributed by atoms with van der Waals surface area (Å²) in [5.74, 6) is 0.462. The summed E-state index contributed by atoms with van der Waals surface area (Å²) < 4.78 is 0. The van der Waals surface area contributed by atoms with E-state index in [9.17, 15) is 5.11 Å². The van der Waals surface area contributed by atoms with E-state index in [1.165, 1.54) is 30.4 Å². The van der Waals surface area contributed by atoms with Crippen LogP contribution < -0.4 is 5.73 Å². The van der Waals surface area contributed by atoms with Crippen LogP contribution in [0.2, 0.25) is 0 Å². The number of likely N-dealkylation sites (tertiary alicyclic amines) is 1. The van der Waals surface area contributed by atoms with Gasteiger partial charge in [0.15, 0.2) is 0 Å². The SMILES string of the molecule is NC1CC(N2CCC3(O)CCCCC3C2)c2ccccc21. The van der Waals surface area contributed by atoms with Crippen molar-refractivity contribution in [2.45, 2.75) is 56.2 Å². The van der Waals surface area contributed by atoms with E-state index in [0.717, 1.165) is 32.4 Å². The molecule has 1 heterocycles. The third-order valence-electron chi connectivity index (χ3n) is 6.13. The predicted molar refractivity (Wildman–Crippen MR) is 83.8 cm³/mol. The van der Waals surface area contributed by atoms with Crippen LogP contribution in [0.15, 0.2) is 24.3 Å². The fourth-order valence-corrected chi connectivity index (χ4v) is 4.87. The maximum atomic E-state index is 10.8. The molecule has 1 saturated heterocycles. The van der Waals surface area contributed by atoms with Gasteiger partial charge >= 0.3 is 0 Å². The molecule has 3 N–H and O–H groups in total. The van der Waals surface area contributed by atoms with Gasteiger partial charge in [-0.3, -0.25) is 4.90 Å². The van der Waals surface area contributed by atoms with Crippen molar-refractivity contribution in [2.24, 2.45) is 11.7 Å². The third-order valence-corrected chi connectivity index (χ3v) is 6.13. The van der Waals surface area contributed by atoms with Gasteiger partial charge in [0, 0.05) is 31.1 Å². The van der Waals surface area contributed by atoms with Crippen molar-refractivity contribution in [1.82, 2.24) is 4.90 Å². The van der Waals surface area contributed by atoms with Crippen LogP contribution in [0, 0.1) is 5.92 Å². The van der Waals surface area contributed by atoms with Crippen LogP contribution in [-0.4, -0.2) is 28.7 Å². The molecule has 114 valence electrons. The monoisotopic (exact) mass is 286 g/mol. The van der Waals surface area contributed by atoms with Gasteiger partial charge in [-0.15, -0.1) is 0 Å². The lowest BCUT2D eigenvalue weighted by Crippen LogP contribution is -2.53. The van der Waals surface area contributed by atoms with Crippen molar-refractivity contribution in [3.63, 3.8) is 0 Å². The Balaban J connectivity index is 1.56. The largest absolute Gasteiger partial charge is 0.390 e. The Hall–Kier alpha value is -0.900. The number of hydrogen-bond donors (Lipinski definition) is 2. The molecule has 1 saturated carbocycles. The first-order chi connectivity index (χ1) is 10.2. The summed E-state index contributed by atoms with van der Waals surface area (Å²) in [7, 11) is 0. The van der Waals surface area contributed by atoms with Crippen LogP contribution in [0.1, 0.15) is 61.7 Å². The van der Waals surface area contributed by atoms with Gasteiger partial charge in [0.1, 0.15) is 0 Å². The maximum absolute atomic E-state index is 10.8. The zero-order valence-corrected chi connectivity index (χ0v) is 12.7.